The number of pyridine rings is 1. The lowest BCUT2D eigenvalue weighted by Gasteiger charge is -2.33. The summed E-state index contributed by atoms with van der Waals surface area (Å²) in [5.74, 6) is 1.28. The zero-order valence-electron chi connectivity index (χ0n) is 25.1. The van der Waals surface area contributed by atoms with Crippen LogP contribution in [0.1, 0.15) is 35.2 Å². The Morgan fingerprint density at radius 1 is 1.16 bits per heavy atom. The second-order valence-electron chi connectivity index (χ2n) is 12.2. The van der Waals surface area contributed by atoms with Crippen molar-refractivity contribution >= 4 is 51.2 Å². The summed E-state index contributed by atoms with van der Waals surface area (Å²) in [6, 6.07) is 10.7. The summed E-state index contributed by atoms with van der Waals surface area (Å²) >= 11 is 12.7. The van der Waals surface area contributed by atoms with Gasteiger partial charge in [0.1, 0.15) is 23.1 Å². The maximum atomic E-state index is 14.3. The molecule has 5 aromatic rings. The number of ether oxygens (including phenoxy) is 1. The molecule has 4 heterocycles. The van der Waals surface area contributed by atoms with Crippen LogP contribution < -0.4 is 10.5 Å². The van der Waals surface area contributed by atoms with Gasteiger partial charge in [0, 0.05) is 42.7 Å². The van der Waals surface area contributed by atoms with Gasteiger partial charge in [-0.05, 0) is 74.1 Å². The molecule has 1 aliphatic heterocycles. The van der Waals surface area contributed by atoms with Crippen molar-refractivity contribution in [2.45, 2.75) is 44.9 Å². The Labute approximate surface area is 269 Å². The molecular formula is C33H33Cl2FN6O3. The number of nitrogens with two attached hydrogens (primary N) is 1. The molecule has 0 spiro atoms. The van der Waals surface area contributed by atoms with Gasteiger partial charge >= 0.3 is 0 Å². The number of alkyl halides is 1. The molecule has 1 amide bonds. The zero-order valence-corrected chi connectivity index (χ0v) is 26.7. The minimum Gasteiger partial charge on any atom is -0.505 e. The lowest BCUT2D eigenvalue weighted by atomic mass is 10.0. The highest BCUT2D eigenvalue weighted by atomic mass is 35.5. The standard InChI is InChI=1S/C33H33Cl2FN6O3/c1-16-22(12-23(34)30(43)28(16)35)24-7-6-18-9-26(42(31(18)38-24)13-17-4-5-17)32-39-25-8-19(10-27(45-3)29(25)40(32)2)33(44)41-14-20(36)11-21(37)15-41/h6-10,12,17,20-21,43H,4-5,11,13-15,37H2,1-3H3/t20-,21-/m1/s1. The smallest absolute Gasteiger partial charge is 0.254 e. The molecule has 234 valence electrons. The van der Waals surface area contributed by atoms with E-state index in [9.17, 15) is 14.3 Å². The molecule has 1 aliphatic carbocycles. The second kappa shape index (κ2) is 11.2. The van der Waals surface area contributed by atoms with E-state index in [-0.39, 0.29) is 34.7 Å². The van der Waals surface area contributed by atoms with Gasteiger partial charge in [-0.3, -0.25) is 4.79 Å². The molecular weight excluding hydrogens is 618 g/mol. The number of aryl methyl sites for hydroxylation is 1. The number of benzene rings is 2. The third-order valence-electron chi connectivity index (χ3n) is 8.95. The van der Waals surface area contributed by atoms with Crippen molar-refractivity contribution in [2.24, 2.45) is 18.7 Å². The SMILES string of the molecule is COc1cc(C(=O)N2C[C@H](N)C[C@@H](F)C2)cc2nc(-c3cc4ccc(-c5cc(Cl)c(O)c(Cl)c5C)nc4n3CC3CC3)n(C)c12. The van der Waals surface area contributed by atoms with Gasteiger partial charge in [-0.25, -0.2) is 14.4 Å². The number of phenolic OH excluding ortho intramolecular Hbond substituents is 1. The number of aromatic hydroxyl groups is 1. The fourth-order valence-corrected chi connectivity index (χ4v) is 6.87. The van der Waals surface area contributed by atoms with Crippen LogP contribution in [0.2, 0.25) is 10.0 Å². The molecule has 9 nitrogen and oxygen atoms in total. The third-order valence-corrected chi connectivity index (χ3v) is 9.70. The molecule has 2 aliphatic rings. The van der Waals surface area contributed by atoms with Crippen LogP contribution in [0.25, 0.3) is 44.8 Å². The number of piperidine rings is 1. The first-order valence-electron chi connectivity index (χ1n) is 15.0. The van der Waals surface area contributed by atoms with Crippen LogP contribution in [-0.4, -0.2) is 67.4 Å². The highest BCUT2D eigenvalue weighted by Gasteiger charge is 2.31. The van der Waals surface area contributed by atoms with Gasteiger partial charge < -0.3 is 29.6 Å². The Bertz CT molecular complexity index is 1990. The highest BCUT2D eigenvalue weighted by Crippen LogP contribution is 2.42. The lowest BCUT2D eigenvalue weighted by Crippen LogP contribution is -2.50. The first-order valence-corrected chi connectivity index (χ1v) is 15.7. The van der Waals surface area contributed by atoms with E-state index in [1.54, 1.807) is 25.3 Å². The van der Waals surface area contributed by atoms with Crippen molar-refractivity contribution in [2.75, 3.05) is 20.2 Å². The van der Waals surface area contributed by atoms with Crippen molar-refractivity contribution in [1.29, 1.82) is 0 Å². The Kier molecular flexibility index (Phi) is 7.42. The number of likely N-dealkylation sites (tertiary alicyclic amines) is 1. The minimum absolute atomic E-state index is 0.0126. The van der Waals surface area contributed by atoms with E-state index in [4.69, 9.17) is 43.6 Å². The van der Waals surface area contributed by atoms with E-state index >= 15 is 0 Å². The molecule has 0 bridgehead atoms. The van der Waals surface area contributed by atoms with Gasteiger partial charge in [-0.15, -0.1) is 0 Å². The first kappa shape index (κ1) is 29.8. The van der Waals surface area contributed by atoms with E-state index in [0.29, 0.717) is 46.4 Å². The van der Waals surface area contributed by atoms with E-state index in [2.05, 4.69) is 10.6 Å². The van der Waals surface area contributed by atoms with Crippen LogP contribution in [0.15, 0.2) is 36.4 Å². The number of carbonyl (C=O) groups is 1. The van der Waals surface area contributed by atoms with Crippen LogP contribution in [0.5, 0.6) is 11.5 Å². The number of methoxy groups -OCH3 is 1. The molecule has 3 aromatic heterocycles. The number of phenols is 1. The summed E-state index contributed by atoms with van der Waals surface area (Å²) in [6.07, 6.45) is 1.38. The molecule has 3 N–H and O–H groups in total. The molecule has 0 radical (unpaired) electrons. The quantitative estimate of drug-likeness (QED) is 0.217. The maximum Gasteiger partial charge on any atom is 0.254 e. The fourth-order valence-electron chi connectivity index (χ4n) is 6.42. The molecule has 45 heavy (non-hydrogen) atoms. The summed E-state index contributed by atoms with van der Waals surface area (Å²) < 4.78 is 24.2. The van der Waals surface area contributed by atoms with Crippen molar-refractivity contribution < 1.29 is 19.0 Å². The molecule has 7 rings (SSSR count). The summed E-state index contributed by atoms with van der Waals surface area (Å²) in [4.78, 5) is 25.0. The number of amides is 1. The second-order valence-corrected chi connectivity index (χ2v) is 13.0. The molecule has 1 saturated carbocycles. The largest absolute Gasteiger partial charge is 0.505 e. The number of hydrogen-bond acceptors (Lipinski definition) is 6. The molecule has 12 heteroatoms. The summed E-state index contributed by atoms with van der Waals surface area (Å²) in [5, 5.41) is 11.5. The normalized spacial score (nSPS) is 18.7. The van der Waals surface area contributed by atoms with Gasteiger partial charge in [-0.1, -0.05) is 23.2 Å². The first-order chi connectivity index (χ1) is 21.5. The van der Waals surface area contributed by atoms with E-state index in [1.807, 2.05) is 30.7 Å². The Balaban J connectivity index is 1.35. The number of nitrogens with zero attached hydrogens (tertiary/aromatic N) is 5. The molecule has 1 saturated heterocycles. The van der Waals surface area contributed by atoms with Gasteiger partial charge in [0.25, 0.3) is 5.91 Å². The predicted molar refractivity (Wildman–Crippen MR) is 174 cm³/mol. The number of rotatable bonds is 6. The summed E-state index contributed by atoms with van der Waals surface area (Å²) in [7, 11) is 3.48. The molecule has 0 unspecified atom stereocenters. The Morgan fingerprint density at radius 3 is 2.64 bits per heavy atom. The number of fused-ring (bicyclic) bond motifs is 2. The summed E-state index contributed by atoms with van der Waals surface area (Å²) in [5.41, 5.74) is 11.5. The van der Waals surface area contributed by atoms with Gasteiger partial charge in [0.05, 0.1) is 40.6 Å². The highest BCUT2D eigenvalue weighted by molar-refractivity contribution is 6.38. The predicted octanol–water partition coefficient (Wildman–Crippen LogP) is 6.51. The van der Waals surface area contributed by atoms with Crippen LogP contribution in [0.3, 0.4) is 0 Å². The molecule has 2 aromatic carbocycles. The van der Waals surface area contributed by atoms with E-state index < -0.39 is 12.2 Å². The number of halogens is 3. The topological polar surface area (TPSA) is 111 Å². The van der Waals surface area contributed by atoms with Crippen LogP contribution >= 0.6 is 23.2 Å². The van der Waals surface area contributed by atoms with Gasteiger partial charge in [-0.2, -0.15) is 0 Å². The van der Waals surface area contributed by atoms with Crippen LogP contribution in [0, 0.1) is 12.8 Å². The van der Waals surface area contributed by atoms with Crippen LogP contribution in [0.4, 0.5) is 4.39 Å². The van der Waals surface area contributed by atoms with Gasteiger partial charge in [0.2, 0.25) is 0 Å². The van der Waals surface area contributed by atoms with Crippen molar-refractivity contribution in [1.82, 2.24) is 24.0 Å². The minimum atomic E-state index is -1.15. The Hall–Kier alpha value is -3.86. The fraction of sp³-hybridized carbons (Fsp3) is 0.364. The average Bonchev–Trinajstić information content (AvgIpc) is 3.69. The number of imidazole rings is 1. The maximum absolute atomic E-state index is 14.3. The van der Waals surface area contributed by atoms with Crippen molar-refractivity contribution in [3.63, 3.8) is 0 Å². The van der Waals surface area contributed by atoms with Crippen molar-refractivity contribution in [3.05, 3.63) is 57.6 Å². The van der Waals surface area contributed by atoms with E-state index in [0.717, 1.165) is 47.2 Å². The monoisotopic (exact) mass is 650 g/mol. The van der Waals surface area contributed by atoms with Crippen molar-refractivity contribution in [3.8, 4) is 34.3 Å². The number of carbonyl (C=O) groups excluding carboxylic acids is 1. The zero-order chi connectivity index (χ0) is 31.7. The van der Waals surface area contributed by atoms with E-state index in [1.165, 1.54) is 4.90 Å². The Morgan fingerprint density at radius 2 is 1.93 bits per heavy atom. The third kappa shape index (κ3) is 5.18. The van der Waals surface area contributed by atoms with Gasteiger partial charge in [0.15, 0.2) is 11.6 Å². The summed E-state index contributed by atoms with van der Waals surface area (Å²) in [6.45, 7) is 2.91. The van der Waals surface area contributed by atoms with Crippen LogP contribution in [-0.2, 0) is 13.6 Å². The lowest BCUT2D eigenvalue weighted by molar-refractivity contribution is 0.0606. The molecule has 2 fully saturated rings. The number of hydrogen-bond donors (Lipinski definition) is 2. The number of aromatic nitrogens is 4. The average molecular weight is 652 g/mol. The molecule has 2 atom stereocenters.